The van der Waals surface area contributed by atoms with E-state index in [4.69, 9.17) is 20.8 Å². The van der Waals surface area contributed by atoms with Gasteiger partial charge in [-0.05, 0) is 38.5 Å². The van der Waals surface area contributed by atoms with Crippen molar-refractivity contribution in [1.29, 1.82) is 0 Å². The van der Waals surface area contributed by atoms with Crippen LogP contribution in [0.3, 0.4) is 0 Å². The van der Waals surface area contributed by atoms with Gasteiger partial charge in [0.25, 0.3) is 5.91 Å². The predicted molar refractivity (Wildman–Crippen MR) is 111 cm³/mol. The fraction of sp³-hybridized carbons (Fsp3) is 0.273. The molecular weight excluding hydrogens is 378 g/mol. The van der Waals surface area contributed by atoms with Crippen LogP contribution in [0.2, 0.25) is 5.02 Å². The van der Waals surface area contributed by atoms with Crippen molar-refractivity contribution in [2.45, 2.75) is 20.8 Å². The molecule has 0 aliphatic rings. The molecule has 0 fully saturated rings. The Kier molecular flexibility index (Phi) is 6.05. The van der Waals surface area contributed by atoms with Crippen molar-refractivity contribution in [2.75, 3.05) is 19.7 Å². The molecule has 0 spiro atoms. The predicted octanol–water partition coefficient (Wildman–Crippen LogP) is 4.67. The molecule has 1 amide bonds. The van der Waals surface area contributed by atoms with Crippen LogP contribution in [0.1, 0.15) is 19.4 Å². The molecule has 0 atom stereocenters. The third-order valence-corrected chi connectivity index (χ3v) is 5.03. The summed E-state index contributed by atoms with van der Waals surface area (Å²) in [6.45, 7) is 6.54. The van der Waals surface area contributed by atoms with Crippen LogP contribution >= 0.6 is 11.6 Å². The molecule has 0 bridgehead atoms. The van der Waals surface area contributed by atoms with Gasteiger partial charge in [0, 0.05) is 23.7 Å². The van der Waals surface area contributed by atoms with Gasteiger partial charge in [-0.2, -0.15) is 0 Å². The maximum absolute atomic E-state index is 13.1. The Bertz CT molecular complexity index is 1060. The first-order valence-corrected chi connectivity index (χ1v) is 9.57. The number of hydrogen-bond donors (Lipinski definition) is 0. The van der Waals surface area contributed by atoms with Gasteiger partial charge in [-0.25, -0.2) is 0 Å². The summed E-state index contributed by atoms with van der Waals surface area (Å²) in [5, 5.41) is 0.790. The van der Waals surface area contributed by atoms with Gasteiger partial charge < -0.3 is 14.1 Å². The van der Waals surface area contributed by atoms with Gasteiger partial charge in [-0.1, -0.05) is 41.9 Å². The van der Waals surface area contributed by atoms with Gasteiger partial charge in [-0.3, -0.25) is 9.59 Å². The first-order valence-electron chi connectivity index (χ1n) is 9.19. The van der Waals surface area contributed by atoms with E-state index in [1.807, 2.05) is 51.1 Å². The third-order valence-electron chi connectivity index (χ3n) is 4.62. The molecule has 0 saturated heterocycles. The van der Waals surface area contributed by atoms with Gasteiger partial charge >= 0.3 is 0 Å². The van der Waals surface area contributed by atoms with Crippen molar-refractivity contribution in [3.8, 4) is 17.1 Å². The number of amides is 1. The van der Waals surface area contributed by atoms with Crippen LogP contribution in [0.25, 0.3) is 22.3 Å². The van der Waals surface area contributed by atoms with Crippen LogP contribution < -0.4 is 10.2 Å². The van der Waals surface area contributed by atoms with Crippen molar-refractivity contribution in [3.05, 3.63) is 63.3 Å². The summed E-state index contributed by atoms with van der Waals surface area (Å²) >= 11 is 6.19. The zero-order valence-electron chi connectivity index (χ0n) is 16.1. The van der Waals surface area contributed by atoms with Crippen molar-refractivity contribution in [1.82, 2.24) is 4.90 Å². The average molecular weight is 400 g/mol. The van der Waals surface area contributed by atoms with E-state index in [0.29, 0.717) is 40.4 Å². The lowest BCUT2D eigenvalue weighted by atomic mass is 10.1. The average Bonchev–Trinajstić information content (AvgIpc) is 2.70. The Morgan fingerprint density at radius 2 is 1.82 bits per heavy atom. The molecular formula is C22H22ClNO4. The van der Waals surface area contributed by atoms with Crippen LogP contribution in [0.5, 0.6) is 5.75 Å². The highest BCUT2D eigenvalue weighted by molar-refractivity contribution is 6.32. The molecule has 2 aromatic carbocycles. The largest absolute Gasteiger partial charge is 0.476 e. The summed E-state index contributed by atoms with van der Waals surface area (Å²) in [5.74, 6) is 0.122. The summed E-state index contributed by atoms with van der Waals surface area (Å²) in [6, 6.07) is 12.5. The normalized spacial score (nSPS) is 10.9. The van der Waals surface area contributed by atoms with Crippen molar-refractivity contribution < 1.29 is 13.9 Å². The van der Waals surface area contributed by atoms with E-state index in [1.165, 1.54) is 0 Å². The zero-order chi connectivity index (χ0) is 20.3. The van der Waals surface area contributed by atoms with Gasteiger partial charge in [0.1, 0.15) is 5.58 Å². The number of nitrogens with zero attached hydrogens (tertiary/aromatic N) is 1. The van der Waals surface area contributed by atoms with Gasteiger partial charge in [0.2, 0.25) is 11.2 Å². The molecule has 3 aromatic rings. The number of likely N-dealkylation sites (N-methyl/N-ethyl adjacent to an activating group) is 1. The second-order valence-corrected chi connectivity index (χ2v) is 6.81. The van der Waals surface area contributed by atoms with E-state index in [-0.39, 0.29) is 23.7 Å². The number of rotatable bonds is 6. The lowest BCUT2D eigenvalue weighted by Crippen LogP contribution is -2.35. The van der Waals surface area contributed by atoms with Crippen molar-refractivity contribution in [3.63, 3.8) is 0 Å². The van der Waals surface area contributed by atoms with Crippen molar-refractivity contribution in [2.24, 2.45) is 0 Å². The highest BCUT2D eigenvalue weighted by Gasteiger charge is 2.20. The highest BCUT2D eigenvalue weighted by atomic mass is 35.5. The molecule has 0 radical (unpaired) electrons. The summed E-state index contributed by atoms with van der Waals surface area (Å²) in [4.78, 5) is 27.1. The quantitative estimate of drug-likeness (QED) is 0.604. The zero-order valence-corrected chi connectivity index (χ0v) is 16.9. The SMILES string of the molecule is CCN(CC)C(=O)COc1c(-c2ccccc2)oc2cc(C)c(Cl)cc2c1=O. The Labute approximate surface area is 168 Å². The molecule has 5 nitrogen and oxygen atoms in total. The smallest absolute Gasteiger partial charge is 0.260 e. The summed E-state index contributed by atoms with van der Waals surface area (Å²) in [6.07, 6.45) is 0. The maximum atomic E-state index is 13.1. The first-order chi connectivity index (χ1) is 13.5. The molecule has 0 saturated carbocycles. The highest BCUT2D eigenvalue weighted by Crippen LogP contribution is 2.32. The molecule has 0 unspecified atom stereocenters. The number of hydrogen-bond acceptors (Lipinski definition) is 4. The Morgan fingerprint density at radius 1 is 1.14 bits per heavy atom. The lowest BCUT2D eigenvalue weighted by molar-refractivity contribution is -0.132. The number of benzene rings is 2. The topological polar surface area (TPSA) is 59.8 Å². The number of aryl methyl sites for hydroxylation is 1. The summed E-state index contributed by atoms with van der Waals surface area (Å²) < 4.78 is 11.7. The first kappa shape index (κ1) is 20.0. The van der Waals surface area contributed by atoms with E-state index in [9.17, 15) is 9.59 Å². The van der Waals surface area contributed by atoms with E-state index >= 15 is 0 Å². The van der Waals surface area contributed by atoms with Gasteiger partial charge in [-0.15, -0.1) is 0 Å². The number of fused-ring (bicyclic) bond motifs is 1. The Hall–Kier alpha value is -2.79. The van der Waals surface area contributed by atoms with Gasteiger partial charge in [0.15, 0.2) is 12.4 Å². The van der Waals surface area contributed by atoms with E-state index in [1.54, 1.807) is 17.0 Å². The lowest BCUT2D eigenvalue weighted by Gasteiger charge is -2.19. The van der Waals surface area contributed by atoms with E-state index < -0.39 is 0 Å². The maximum Gasteiger partial charge on any atom is 0.260 e. The Balaban J connectivity index is 2.13. The standard InChI is InChI=1S/C22H22ClNO4/c1-4-24(5-2)19(25)13-27-22-20(26)16-12-17(23)14(3)11-18(16)28-21(22)15-9-7-6-8-10-15/h6-12H,4-5,13H2,1-3H3. The van der Waals surface area contributed by atoms with Crippen LogP contribution in [0.15, 0.2) is 51.7 Å². The fourth-order valence-corrected chi connectivity index (χ4v) is 3.17. The third kappa shape index (κ3) is 3.90. The van der Waals surface area contributed by atoms with E-state index in [0.717, 1.165) is 5.56 Å². The number of halogens is 1. The molecule has 1 aromatic heterocycles. The second kappa shape index (κ2) is 8.48. The fourth-order valence-electron chi connectivity index (χ4n) is 3.01. The molecule has 1 heterocycles. The number of carbonyl (C=O) groups excluding carboxylic acids is 1. The Morgan fingerprint density at radius 3 is 2.46 bits per heavy atom. The van der Waals surface area contributed by atoms with Crippen molar-refractivity contribution >= 4 is 28.5 Å². The molecule has 0 N–H and O–H groups in total. The monoisotopic (exact) mass is 399 g/mol. The minimum atomic E-state index is -0.352. The van der Waals surface area contributed by atoms with Crippen LogP contribution in [-0.2, 0) is 4.79 Å². The number of ether oxygens (including phenoxy) is 1. The molecule has 0 aliphatic heterocycles. The molecule has 6 heteroatoms. The minimum Gasteiger partial charge on any atom is -0.476 e. The second-order valence-electron chi connectivity index (χ2n) is 6.41. The molecule has 28 heavy (non-hydrogen) atoms. The summed E-state index contributed by atoms with van der Waals surface area (Å²) in [7, 11) is 0. The molecule has 0 aliphatic carbocycles. The molecule has 3 rings (SSSR count). The minimum absolute atomic E-state index is 0.0131. The van der Waals surface area contributed by atoms with Crippen LogP contribution in [0.4, 0.5) is 0 Å². The van der Waals surface area contributed by atoms with Crippen LogP contribution in [-0.4, -0.2) is 30.5 Å². The summed E-state index contributed by atoms with van der Waals surface area (Å²) in [5.41, 5.74) is 1.57. The molecule has 146 valence electrons. The van der Waals surface area contributed by atoms with E-state index in [2.05, 4.69) is 0 Å². The van der Waals surface area contributed by atoms with Gasteiger partial charge in [0.05, 0.1) is 5.39 Å². The number of carbonyl (C=O) groups is 1. The van der Waals surface area contributed by atoms with Crippen LogP contribution in [0, 0.1) is 6.92 Å².